The number of aromatic amines is 1. The van der Waals surface area contributed by atoms with Crippen LogP contribution in [0, 0.1) is 11.8 Å². The fourth-order valence-electron chi connectivity index (χ4n) is 2.64. The van der Waals surface area contributed by atoms with Crippen molar-refractivity contribution >= 4 is 17.7 Å². The lowest BCUT2D eigenvalue weighted by Gasteiger charge is -2.32. The van der Waals surface area contributed by atoms with Gasteiger partial charge >= 0.3 is 5.97 Å². The molecular formula is C15H25N5O4. The van der Waals surface area contributed by atoms with Crippen molar-refractivity contribution in [3.63, 3.8) is 0 Å². The molecule has 0 aliphatic carbocycles. The van der Waals surface area contributed by atoms with E-state index in [9.17, 15) is 14.7 Å². The number of ether oxygens (including phenoxy) is 1. The Labute approximate surface area is 139 Å². The van der Waals surface area contributed by atoms with E-state index in [1.807, 2.05) is 13.8 Å². The Morgan fingerprint density at radius 2 is 2.08 bits per heavy atom. The summed E-state index contributed by atoms with van der Waals surface area (Å²) in [6.07, 6.45) is -1.37. The molecule has 7 N–H and O–H groups in total. The summed E-state index contributed by atoms with van der Waals surface area (Å²) in [6, 6.07) is -0.736. The van der Waals surface area contributed by atoms with Crippen molar-refractivity contribution in [2.75, 3.05) is 17.6 Å². The number of anilines is 2. The third-order valence-corrected chi connectivity index (χ3v) is 4.29. The number of rotatable bonds is 5. The Morgan fingerprint density at radius 1 is 1.42 bits per heavy atom. The Kier molecular flexibility index (Phi) is 5.45. The summed E-state index contributed by atoms with van der Waals surface area (Å²) >= 11 is 0. The van der Waals surface area contributed by atoms with Gasteiger partial charge in [0.1, 0.15) is 18.0 Å². The van der Waals surface area contributed by atoms with Crippen molar-refractivity contribution in [1.29, 1.82) is 0 Å². The highest BCUT2D eigenvalue weighted by Crippen LogP contribution is 2.24. The van der Waals surface area contributed by atoms with E-state index in [4.69, 9.17) is 16.2 Å². The van der Waals surface area contributed by atoms with Crippen LogP contribution in [0.2, 0.25) is 0 Å². The van der Waals surface area contributed by atoms with Crippen LogP contribution in [0.25, 0.3) is 0 Å². The first kappa shape index (κ1) is 18.2. The highest BCUT2D eigenvalue weighted by atomic mass is 16.6. The molecule has 0 spiro atoms. The number of nitrogens with one attached hydrogen (secondary N) is 2. The van der Waals surface area contributed by atoms with Crippen molar-refractivity contribution in [3.8, 4) is 0 Å². The van der Waals surface area contributed by atoms with Crippen LogP contribution in [-0.4, -0.2) is 45.8 Å². The molecule has 0 amide bonds. The first-order valence-electron chi connectivity index (χ1n) is 7.97. The number of hydrogen-bond acceptors (Lipinski definition) is 8. The van der Waals surface area contributed by atoms with E-state index in [-0.39, 0.29) is 23.3 Å². The molecule has 0 aromatic carbocycles. The van der Waals surface area contributed by atoms with Gasteiger partial charge in [0, 0.05) is 12.5 Å². The number of aliphatic hydroxyl groups excluding tert-OH is 1. The maximum absolute atomic E-state index is 12.0. The van der Waals surface area contributed by atoms with Crippen molar-refractivity contribution in [3.05, 3.63) is 15.9 Å². The molecule has 2 rings (SSSR count). The molecule has 1 aliphatic heterocycles. The van der Waals surface area contributed by atoms with Gasteiger partial charge in [-0.3, -0.25) is 14.6 Å². The Balaban J connectivity index is 2.04. The summed E-state index contributed by atoms with van der Waals surface area (Å²) in [4.78, 5) is 30.4. The SMILES string of the molecule is CC(C)[C@H](N)C(=O)O[C@@H](C)[C@H](O)C1CNc2nc(N)[nH]c(=O)c2C1. The van der Waals surface area contributed by atoms with E-state index in [2.05, 4.69) is 15.3 Å². The van der Waals surface area contributed by atoms with E-state index >= 15 is 0 Å². The Bertz CT molecular complexity index is 660. The zero-order chi connectivity index (χ0) is 18.0. The summed E-state index contributed by atoms with van der Waals surface area (Å²) in [7, 11) is 0. The van der Waals surface area contributed by atoms with Gasteiger partial charge in [0.2, 0.25) is 5.95 Å². The maximum Gasteiger partial charge on any atom is 0.323 e. The number of carbonyl (C=O) groups excluding carboxylic acids is 1. The molecule has 9 nitrogen and oxygen atoms in total. The van der Waals surface area contributed by atoms with Gasteiger partial charge in [-0.1, -0.05) is 13.8 Å². The molecule has 1 aromatic heterocycles. The minimum absolute atomic E-state index is 0.0372. The third-order valence-electron chi connectivity index (χ3n) is 4.29. The molecule has 0 bridgehead atoms. The normalized spacial score (nSPS) is 20.7. The zero-order valence-electron chi connectivity index (χ0n) is 14.1. The van der Waals surface area contributed by atoms with Gasteiger partial charge in [-0.15, -0.1) is 0 Å². The highest BCUT2D eigenvalue weighted by Gasteiger charge is 2.33. The number of aliphatic hydroxyl groups is 1. The predicted octanol–water partition coefficient (Wildman–Crippen LogP) is -0.788. The molecule has 0 saturated heterocycles. The summed E-state index contributed by atoms with van der Waals surface area (Å²) in [5, 5.41) is 13.5. The summed E-state index contributed by atoms with van der Waals surface area (Å²) in [6.45, 7) is 5.64. The van der Waals surface area contributed by atoms with Gasteiger partial charge in [-0.05, 0) is 19.3 Å². The zero-order valence-corrected chi connectivity index (χ0v) is 14.1. The predicted molar refractivity (Wildman–Crippen MR) is 89.3 cm³/mol. The highest BCUT2D eigenvalue weighted by molar-refractivity contribution is 5.76. The van der Waals surface area contributed by atoms with Crippen molar-refractivity contribution < 1.29 is 14.6 Å². The fraction of sp³-hybridized carbons (Fsp3) is 0.667. The van der Waals surface area contributed by atoms with Crippen LogP contribution in [0.3, 0.4) is 0 Å². The molecule has 1 aromatic rings. The standard InChI is InChI=1S/C15H25N5O4/c1-6(2)10(16)14(23)24-7(3)11(21)8-4-9-12(18-5-8)19-15(17)20-13(9)22/h6-8,10-11,21H,4-5,16H2,1-3H3,(H4,17,18,19,20,22)/t7-,8?,10-,11-/m0/s1. The third kappa shape index (κ3) is 3.85. The quantitative estimate of drug-likeness (QED) is 0.437. The molecule has 9 heteroatoms. The number of H-pyrrole nitrogens is 1. The van der Waals surface area contributed by atoms with E-state index in [0.717, 1.165) is 0 Å². The number of esters is 1. The lowest BCUT2D eigenvalue weighted by Crippen LogP contribution is -2.45. The average molecular weight is 339 g/mol. The second-order valence-electron chi connectivity index (χ2n) is 6.53. The lowest BCUT2D eigenvalue weighted by molar-refractivity contribution is -0.158. The van der Waals surface area contributed by atoms with Crippen LogP contribution < -0.4 is 22.3 Å². The number of nitrogen functional groups attached to an aromatic ring is 1. The van der Waals surface area contributed by atoms with E-state index in [1.54, 1.807) is 6.92 Å². The van der Waals surface area contributed by atoms with E-state index in [1.165, 1.54) is 0 Å². The van der Waals surface area contributed by atoms with Crippen LogP contribution in [0.4, 0.5) is 11.8 Å². The van der Waals surface area contributed by atoms with Crippen LogP contribution in [0.1, 0.15) is 26.3 Å². The monoisotopic (exact) mass is 339 g/mol. The smallest absolute Gasteiger partial charge is 0.323 e. The molecule has 134 valence electrons. The maximum atomic E-state index is 12.0. The molecule has 2 heterocycles. The largest absolute Gasteiger partial charge is 0.459 e. The molecule has 1 unspecified atom stereocenters. The summed E-state index contributed by atoms with van der Waals surface area (Å²) in [5.41, 5.74) is 11.3. The van der Waals surface area contributed by atoms with E-state index < -0.39 is 24.2 Å². The van der Waals surface area contributed by atoms with Crippen molar-refractivity contribution in [2.24, 2.45) is 17.6 Å². The molecule has 0 fully saturated rings. The molecule has 24 heavy (non-hydrogen) atoms. The first-order valence-corrected chi connectivity index (χ1v) is 7.97. The van der Waals surface area contributed by atoms with Gasteiger partial charge in [0.25, 0.3) is 5.56 Å². The molecule has 0 radical (unpaired) electrons. The van der Waals surface area contributed by atoms with Crippen LogP contribution in [0.15, 0.2) is 4.79 Å². The molecule has 1 aliphatic rings. The van der Waals surface area contributed by atoms with Crippen molar-refractivity contribution in [2.45, 2.75) is 45.4 Å². The summed E-state index contributed by atoms with van der Waals surface area (Å²) in [5.74, 6) is -0.448. The van der Waals surface area contributed by atoms with Gasteiger partial charge in [0.05, 0.1) is 11.7 Å². The minimum atomic E-state index is -0.939. The second-order valence-corrected chi connectivity index (χ2v) is 6.53. The van der Waals surface area contributed by atoms with Crippen LogP contribution in [-0.2, 0) is 16.0 Å². The van der Waals surface area contributed by atoms with Crippen LogP contribution in [0.5, 0.6) is 0 Å². The Morgan fingerprint density at radius 3 is 2.71 bits per heavy atom. The molecular weight excluding hydrogens is 314 g/mol. The average Bonchev–Trinajstić information content (AvgIpc) is 2.52. The van der Waals surface area contributed by atoms with Gasteiger partial charge in [-0.25, -0.2) is 0 Å². The first-order chi connectivity index (χ1) is 11.2. The van der Waals surface area contributed by atoms with Gasteiger partial charge in [0.15, 0.2) is 0 Å². The number of hydrogen-bond donors (Lipinski definition) is 5. The van der Waals surface area contributed by atoms with E-state index in [0.29, 0.717) is 24.3 Å². The van der Waals surface area contributed by atoms with Gasteiger partial charge < -0.3 is 26.6 Å². The van der Waals surface area contributed by atoms with Crippen molar-refractivity contribution in [1.82, 2.24) is 9.97 Å². The van der Waals surface area contributed by atoms with Crippen LogP contribution >= 0.6 is 0 Å². The van der Waals surface area contributed by atoms with Gasteiger partial charge in [-0.2, -0.15) is 4.98 Å². The minimum Gasteiger partial charge on any atom is -0.459 e. The summed E-state index contributed by atoms with van der Waals surface area (Å²) < 4.78 is 5.26. The second kappa shape index (κ2) is 7.18. The Hall–Kier alpha value is -2.13. The topological polar surface area (TPSA) is 156 Å². The molecule has 4 atom stereocenters. The lowest BCUT2D eigenvalue weighted by atomic mass is 9.89. The number of aromatic nitrogens is 2. The molecule has 0 saturated carbocycles. The number of nitrogens with zero attached hydrogens (tertiary/aromatic N) is 1. The number of fused-ring (bicyclic) bond motifs is 1. The number of carbonyl (C=O) groups is 1. The fourth-order valence-corrected chi connectivity index (χ4v) is 2.64. The number of nitrogens with two attached hydrogens (primary N) is 2.